The first-order valence-corrected chi connectivity index (χ1v) is 10.6. The topological polar surface area (TPSA) is 122 Å². The molecule has 1 heterocycles. The van der Waals surface area contributed by atoms with Gasteiger partial charge in [0.05, 0.1) is 4.92 Å². The van der Waals surface area contributed by atoms with E-state index in [1.807, 2.05) is 0 Å². The summed E-state index contributed by atoms with van der Waals surface area (Å²) in [7, 11) is 0. The van der Waals surface area contributed by atoms with Crippen LogP contribution in [0, 0.1) is 23.0 Å². The Balaban J connectivity index is 1.44. The second kappa shape index (κ2) is 8.78. The summed E-state index contributed by atoms with van der Waals surface area (Å²) < 4.78 is 0. The van der Waals surface area contributed by atoms with Gasteiger partial charge in [-0.1, -0.05) is 6.07 Å². The number of carbonyl (C=O) groups excluding carboxylic acids is 3. The lowest BCUT2D eigenvalue weighted by molar-refractivity contribution is -0.385. The van der Waals surface area contributed by atoms with Gasteiger partial charge < -0.3 is 15.5 Å². The molecule has 32 heavy (non-hydrogen) atoms. The van der Waals surface area contributed by atoms with Crippen LogP contribution in [-0.4, -0.2) is 40.1 Å². The van der Waals surface area contributed by atoms with Crippen molar-refractivity contribution in [3.8, 4) is 0 Å². The molecule has 0 spiro atoms. The van der Waals surface area contributed by atoms with Gasteiger partial charge in [-0.3, -0.25) is 24.5 Å². The number of nitrogens with zero attached hydrogens (tertiary/aromatic N) is 2. The number of amides is 3. The number of carbonyl (C=O) groups is 3. The Morgan fingerprint density at radius 1 is 1.00 bits per heavy atom. The Bertz CT molecular complexity index is 1100. The second-order valence-corrected chi connectivity index (χ2v) is 8.25. The maximum Gasteiger partial charge on any atom is 0.272 e. The molecule has 9 heteroatoms. The fourth-order valence-electron chi connectivity index (χ4n) is 3.93. The average molecular weight is 436 g/mol. The number of rotatable bonds is 6. The largest absolute Gasteiger partial charge is 0.327 e. The zero-order valence-electron chi connectivity index (χ0n) is 17.7. The lowest BCUT2D eigenvalue weighted by Gasteiger charge is -2.24. The van der Waals surface area contributed by atoms with Crippen LogP contribution in [0.15, 0.2) is 42.5 Å². The summed E-state index contributed by atoms with van der Waals surface area (Å²) in [5, 5.41) is 16.7. The van der Waals surface area contributed by atoms with E-state index >= 15 is 0 Å². The van der Waals surface area contributed by atoms with E-state index in [1.54, 1.807) is 31.2 Å². The highest BCUT2D eigenvalue weighted by Crippen LogP contribution is 2.30. The molecule has 1 unspecified atom stereocenters. The van der Waals surface area contributed by atoms with E-state index in [1.165, 1.54) is 23.1 Å². The molecule has 0 bridgehead atoms. The fraction of sp³-hybridized carbons (Fsp3) is 0.348. The maximum atomic E-state index is 13.0. The zero-order chi connectivity index (χ0) is 22.8. The first kappa shape index (κ1) is 21.5. The molecule has 1 saturated heterocycles. The number of nitro benzene ring substituents is 1. The van der Waals surface area contributed by atoms with Crippen LogP contribution in [0.5, 0.6) is 0 Å². The number of nitro groups is 1. The van der Waals surface area contributed by atoms with Crippen LogP contribution in [0.1, 0.15) is 41.6 Å². The summed E-state index contributed by atoms with van der Waals surface area (Å²) in [6.45, 7) is 2.02. The first-order chi connectivity index (χ1) is 15.3. The van der Waals surface area contributed by atoms with Crippen LogP contribution in [0.4, 0.5) is 17.1 Å². The highest BCUT2D eigenvalue weighted by atomic mass is 16.6. The molecular weight excluding hydrogens is 412 g/mol. The third-order valence-corrected chi connectivity index (χ3v) is 5.80. The number of nitrogens with one attached hydrogen (secondary N) is 2. The predicted octanol–water partition coefficient (Wildman–Crippen LogP) is 3.50. The van der Waals surface area contributed by atoms with Gasteiger partial charge in [0.15, 0.2) is 0 Å². The summed E-state index contributed by atoms with van der Waals surface area (Å²) in [6, 6.07) is 10.5. The third kappa shape index (κ3) is 4.61. The van der Waals surface area contributed by atoms with Gasteiger partial charge in [-0.05, 0) is 62.9 Å². The molecule has 1 saturated carbocycles. The molecule has 0 radical (unpaired) electrons. The summed E-state index contributed by atoms with van der Waals surface area (Å²) in [5.74, 6) is -0.569. The molecule has 4 rings (SSSR count). The highest BCUT2D eigenvalue weighted by Gasteiger charge is 2.35. The number of likely N-dealkylation sites (tertiary alicyclic amines) is 1. The Labute approximate surface area is 184 Å². The minimum absolute atomic E-state index is 0.0144. The van der Waals surface area contributed by atoms with Crippen LogP contribution in [0.25, 0.3) is 0 Å². The smallest absolute Gasteiger partial charge is 0.272 e. The van der Waals surface area contributed by atoms with Crippen LogP contribution < -0.4 is 10.6 Å². The molecular formula is C23H24N4O5. The van der Waals surface area contributed by atoms with Crippen molar-refractivity contribution in [2.45, 2.75) is 38.6 Å². The van der Waals surface area contributed by atoms with Gasteiger partial charge in [0.2, 0.25) is 11.8 Å². The molecule has 3 amide bonds. The third-order valence-electron chi connectivity index (χ3n) is 5.80. The average Bonchev–Trinajstić information content (AvgIpc) is 3.49. The van der Waals surface area contributed by atoms with Gasteiger partial charge >= 0.3 is 0 Å². The summed E-state index contributed by atoms with van der Waals surface area (Å²) in [4.78, 5) is 50.0. The van der Waals surface area contributed by atoms with E-state index in [4.69, 9.17) is 0 Å². The second-order valence-electron chi connectivity index (χ2n) is 8.25. The van der Waals surface area contributed by atoms with Gasteiger partial charge in [-0.25, -0.2) is 0 Å². The van der Waals surface area contributed by atoms with E-state index < -0.39 is 11.0 Å². The van der Waals surface area contributed by atoms with Gasteiger partial charge in [0, 0.05) is 41.0 Å². The lowest BCUT2D eigenvalue weighted by atomic mass is 10.1. The minimum Gasteiger partial charge on any atom is -0.327 e. The standard InChI is InChI=1S/C23H24N4O5/c1-14-12-16(9-10-19(14)27(31)32)23(30)26-11-3-6-20(26)22(29)25-18-5-2-4-17(13-18)24-21(28)15-7-8-15/h2,4-5,9-10,12-13,15,20H,3,6-8,11H2,1H3,(H,24,28)(H,25,29). The normalized spacial score (nSPS) is 17.7. The van der Waals surface area contributed by atoms with E-state index in [9.17, 15) is 24.5 Å². The number of benzene rings is 2. The molecule has 1 aliphatic carbocycles. The molecule has 9 nitrogen and oxygen atoms in total. The Kier molecular flexibility index (Phi) is 5.89. The zero-order valence-corrected chi connectivity index (χ0v) is 17.7. The maximum absolute atomic E-state index is 13.0. The van der Waals surface area contributed by atoms with Gasteiger partial charge in [-0.15, -0.1) is 0 Å². The molecule has 2 aromatic rings. The Morgan fingerprint density at radius 2 is 1.69 bits per heavy atom. The van der Waals surface area contributed by atoms with Crippen LogP contribution in [-0.2, 0) is 9.59 Å². The van der Waals surface area contributed by atoms with Crippen LogP contribution >= 0.6 is 0 Å². The van der Waals surface area contributed by atoms with Crippen molar-refractivity contribution >= 4 is 34.8 Å². The van der Waals surface area contributed by atoms with Crippen molar-refractivity contribution in [2.24, 2.45) is 5.92 Å². The SMILES string of the molecule is Cc1cc(C(=O)N2CCCC2C(=O)Nc2cccc(NC(=O)C3CC3)c2)ccc1[N+](=O)[O-]. The number of anilines is 2. The van der Waals surface area contributed by atoms with E-state index in [2.05, 4.69) is 10.6 Å². The fourth-order valence-corrected chi connectivity index (χ4v) is 3.93. The molecule has 2 aliphatic rings. The van der Waals surface area contributed by atoms with Crippen molar-refractivity contribution in [1.29, 1.82) is 0 Å². The number of hydrogen-bond donors (Lipinski definition) is 2. The number of aryl methyl sites for hydroxylation is 1. The molecule has 166 valence electrons. The molecule has 2 aromatic carbocycles. The minimum atomic E-state index is -0.636. The van der Waals surface area contributed by atoms with Crippen LogP contribution in [0.2, 0.25) is 0 Å². The van der Waals surface area contributed by atoms with E-state index in [-0.39, 0.29) is 29.3 Å². The van der Waals surface area contributed by atoms with Gasteiger partial charge in [0.25, 0.3) is 11.6 Å². The quantitative estimate of drug-likeness (QED) is 0.530. The lowest BCUT2D eigenvalue weighted by Crippen LogP contribution is -2.43. The van der Waals surface area contributed by atoms with Gasteiger partial charge in [0.1, 0.15) is 6.04 Å². The van der Waals surface area contributed by atoms with Crippen molar-refractivity contribution in [1.82, 2.24) is 4.90 Å². The van der Waals surface area contributed by atoms with Gasteiger partial charge in [-0.2, -0.15) is 0 Å². The van der Waals surface area contributed by atoms with Crippen molar-refractivity contribution in [3.63, 3.8) is 0 Å². The monoisotopic (exact) mass is 436 g/mol. The van der Waals surface area contributed by atoms with Crippen molar-refractivity contribution in [3.05, 3.63) is 63.7 Å². The summed E-state index contributed by atoms with van der Waals surface area (Å²) in [6.07, 6.45) is 3.03. The van der Waals surface area contributed by atoms with Crippen molar-refractivity contribution < 1.29 is 19.3 Å². The summed E-state index contributed by atoms with van der Waals surface area (Å²) >= 11 is 0. The van der Waals surface area contributed by atoms with E-state index in [0.29, 0.717) is 41.9 Å². The van der Waals surface area contributed by atoms with E-state index in [0.717, 1.165) is 12.8 Å². The number of hydrogen-bond acceptors (Lipinski definition) is 5. The molecule has 0 aromatic heterocycles. The molecule has 1 atom stereocenters. The van der Waals surface area contributed by atoms with Crippen molar-refractivity contribution in [2.75, 3.05) is 17.2 Å². The molecule has 1 aliphatic heterocycles. The Hall–Kier alpha value is -3.75. The Morgan fingerprint density at radius 3 is 2.31 bits per heavy atom. The first-order valence-electron chi connectivity index (χ1n) is 10.6. The van der Waals surface area contributed by atoms with Crippen LogP contribution in [0.3, 0.4) is 0 Å². The molecule has 2 N–H and O–H groups in total. The highest BCUT2D eigenvalue weighted by molar-refractivity contribution is 6.02. The predicted molar refractivity (Wildman–Crippen MR) is 118 cm³/mol. The summed E-state index contributed by atoms with van der Waals surface area (Å²) in [5.41, 5.74) is 1.81. The molecule has 2 fully saturated rings.